The summed E-state index contributed by atoms with van der Waals surface area (Å²) in [7, 11) is 1.38. The molecule has 0 atom stereocenters. The molecule has 0 saturated heterocycles. The zero-order valence-electron chi connectivity index (χ0n) is 12.2. The van der Waals surface area contributed by atoms with Crippen molar-refractivity contribution >= 4 is 22.6 Å². The maximum Gasteiger partial charge on any atom is 0.337 e. The minimum Gasteiger partial charge on any atom is -0.465 e. The minimum absolute atomic E-state index is 0.324. The Morgan fingerprint density at radius 3 is 2.64 bits per heavy atom. The Morgan fingerprint density at radius 2 is 1.86 bits per heavy atom. The molecule has 3 rings (SSSR count). The third-order valence-corrected chi connectivity index (χ3v) is 3.51. The van der Waals surface area contributed by atoms with Crippen molar-refractivity contribution in [3.63, 3.8) is 0 Å². The van der Waals surface area contributed by atoms with E-state index in [9.17, 15) is 4.79 Å². The van der Waals surface area contributed by atoms with Gasteiger partial charge in [-0.05, 0) is 29.1 Å². The highest BCUT2D eigenvalue weighted by Gasteiger charge is 2.05. The number of fused-ring (bicyclic) bond motifs is 1. The van der Waals surface area contributed by atoms with Gasteiger partial charge < -0.3 is 10.1 Å². The lowest BCUT2D eigenvalue weighted by atomic mass is 10.1. The summed E-state index contributed by atoms with van der Waals surface area (Å²) in [6, 6.07) is 17.5. The number of aromatic nitrogens is 1. The first-order valence-corrected chi connectivity index (χ1v) is 7.03. The molecule has 0 unspecified atom stereocenters. The fourth-order valence-corrected chi connectivity index (χ4v) is 2.32. The largest absolute Gasteiger partial charge is 0.465 e. The Hall–Kier alpha value is -2.88. The molecule has 1 aromatic heterocycles. The number of carbonyl (C=O) groups is 1. The molecule has 0 aliphatic rings. The number of rotatable bonds is 4. The molecule has 4 nitrogen and oxygen atoms in total. The molecule has 110 valence electrons. The second kappa shape index (κ2) is 6.26. The van der Waals surface area contributed by atoms with Crippen molar-refractivity contribution in [3.05, 3.63) is 71.9 Å². The van der Waals surface area contributed by atoms with Gasteiger partial charge in [-0.2, -0.15) is 0 Å². The van der Waals surface area contributed by atoms with Crippen molar-refractivity contribution in [1.82, 2.24) is 4.98 Å². The summed E-state index contributed by atoms with van der Waals surface area (Å²) in [5.74, 6) is 0.533. The molecule has 3 aromatic rings. The molecule has 1 heterocycles. The van der Waals surface area contributed by atoms with Crippen LogP contribution in [0.1, 0.15) is 15.9 Å². The number of carbonyl (C=O) groups excluding carboxylic acids is 1. The average molecular weight is 292 g/mol. The SMILES string of the molecule is COC(=O)c1ccc(CNc2nccc3ccccc23)cc1. The lowest BCUT2D eigenvalue weighted by Crippen LogP contribution is -2.04. The number of anilines is 1. The number of esters is 1. The van der Waals surface area contributed by atoms with Crippen LogP contribution in [0.3, 0.4) is 0 Å². The van der Waals surface area contributed by atoms with Crippen molar-refractivity contribution in [2.75, 3.05) is 12.4 Å². The van der Waals surface area contributed by atoms with E-state index in [4.69, 9.17) is 0 Å². The van der Waals surface area contributed by atoms with Gasteiger partial charge in [-0.25, -0.2) is 9.78 Å². The molecule has 2 aromatic carbocycles. The van der Waals surface area contributed by atoms with E-state index in [0.717, 1.165) is 22.2 Å². The van der Waals surface area contributed by atoms with Gasteiger partial charge in [0.25, 0.3) is 0 Å². The smallest absolute Gasteiger partial charge is 0.337 e. The van der Waals surface area contributed by atoms with E-state index in [1.54, 1.807) is 18.3 Å². The number of pyridine rings is 1. The quantitative estimate of drug-likeness (QED) is 0.746. The Labute approximate surface area is 128 Å². The van der Waals surface area contributed by atoms with E-state index in [2.05, 4.69) is 21.1 Å². The predicted molar refractivity (Wildman–Crippen MR) is 86.9 cm³/mol. The molecule has 0 spiro atoms. The van der Waals surface area contributed by atoms with Gasteiger partial charge in [-0.15, -0.1) is 0 Å². The first-order chi connectivity index (χ1) is 10.8. The fraction of sp³-hybridized carbons (Fsp3) is 0.111. The van der Waals surface area contributed by atoms with E-state index in [1.165, 1.54) is 7.11 Å². The van der Waals surface area contributed by atoms with Crippen LogP contribution in [0, 0.1) is 0 Å². The number of hydrogen-bond acceptors (Lipinski definition) is 4. The molecule has 0 amide bonds. The van der Waals surface area contributed by atoms with Crippen LogP contribution in [0.15, 0.2) is 60.8 Å². The van der Waals surface area contributed by atoms with Crippen molar-refractivity contribution in [1.29, 1.82) is 0 Å². The van der Waals surface area contributed by atoms with Crippen LogP contribution in [-0.4, -0.2) is 18.1 Å². The molecule has 0 bridgehead atoms. The molecule has 4 heteroatoms. The van der Waals surface area contributed by atoms with Crippen LogP contribution in [0.4, 0.5) is 5.82 Å². The molecular weight excluding hydrogens is 276 g/mol. The summed E-state index contributed by atoms with van der Waals surface area (Å²) in [5, 5.41) is 5.59. The highest BCUT2D eigenvalue weighted by Crippen LogP contribution is 2.21. The van der Waals surface area contributed by atoms with E-state index in [0.29, 0.717) is 12.1 Å². The highest BCUT2D eigenvalue weighted by atomic mass is 16.5. The summed E-state index contributed by atoms with van der Waals surface area (Å²) < 4.78 is 4.69. The lowest BCUT2D eigenvalue weighted by Gasteiger charge is -2.09. The number of nitrogens with zero attached hydrogens (tertiary/aromatic N) is 1. The Balaban J connectivity index is 1.75. The van der Waals surface area contributed by atoms with Gasteiger partial charge in [0.05, 0.1) is 12.7 Å². The standard InChI is InChI=1S/C18H16N2O2/c1-22-18(21)15-8-6-13(7-9-15)12-20-17-16-5-3-2-4-14(16)10-11-19-17/h2-11H,12H2,1H3,(H,19,20). The third kappa shape index (κ3) is 2.91. The highest BCUT2D eigenvalue weighted by molar-refractivity contribution is 5.91. The first kappa shape index (κ1) is 14.1. The van der Waals surface area contributed by atoms with Gasteiger partial charge in [0.1, 0.15) is 5.82 Å². The summed E-state index contributed by atoms with van der Waals surface area (Å²) in [4.78, 5) is 15.8. The minimum atomic E-state index is -0.324. The molecule has 0 saturated carbocycles. The fourth-order valence-electron chi connectivity index (χ4n) is 2.32. The Morgan fingerprint density at radius 1 is 1.09 bits per heavy atom. The van der Waals surface area contributed by atoms with Crippen LogP contribution in [0.2, 0.25) is 0 Å². The maximum atomic E-state index is 11.4. The monoisotopic (exact) mass is 292 g/mol. The van der Waals surface area contributed by atoms with Gasteiger partial charge in [0, 0.05) is 18.1 Å². The summed E-state index contributed by atoms with van der Waals surface area (Å²) in [6.45, 7) is 0.641. The molecule has 0 aliphatic carbocycles. The van der Waals surface area contributed by atoms with E-state index in [-0.39, 0.29) is 5.97 Å². The number of benzene rings is 2. The first-order valence-electron chi connectivity index (χ1n) is 7.03. The molecule has 0 fully saturated rings. The summed E-state index contributed by atoms with van der Waals surface area (Å²) in [5.41, 5.74) is 1.62. The molecule has 22 heavy (non-hydrogen) atoms. The van der Waals surface area contributed by atoms with E-state index in [1.807, 2.05) is 36.4 Å². The topological polar surface area (TPSA) is 51.2 Å². The van der Waals surface area contributed by atoms with E-state index >= 15 is 0 Å². The van der Waals surface area contributed by atoms with Crippen molar-refractivity contribution < 1.29 is 9.53 Å². The van der Waals surface area contributed by atoms with Crippen LogP contribution in [0.25, 0.3) is 10.8 Å². The van der Waals surface area contributed by atoms with Crippen LogP contribution >= 0.6 is 0 Å². The number of methoxy groups -OCH3 is 1. The van der Waals surface area contributed by atoms with Crippen molar-refractivity contribution in [3.8, 4) is 0 Å². The van der Waals surface area contributed by atoms with Crippen LogP contribution < -0.4 is 5.32 Å². The second-order valence-electron chi connectivity index (χ2n) is 4.92. The number of hydrogen-bond donors (Lipinski definition) is 1. The summed E-state index contributed by atoms with van der Waals surface area (Å²) in [6.07, 6.45) is 1.80. The average Bonchev–Trinajstić information content (AvgIpc) is 2.59. The lowest BCUT2D eigenvalue weighted by molar-refractivity contribution is 0.0600. The van der Waals surface area contributed by atoms with E-state index < -0.39 is 0 Å². The molecular formula is C18H16N2O2. The summed E-state index contributed by atoms with van der Waals surface area (Å²) >= 11 is 0. The van der Waals surface area contributed by atoms with Gasteiger partial charge in [-0.1, -0.05) is 36.4 Å². The van der Waals surface area contributed by atoms with Gasteiger partial charge >= 0.3 is 5.97 Å². The van der Waals surface area contributed by atoms with Gasteiger partial charge in [-0.3, -0.25) is 0 Å². The zero-order chi connectivity index (χ0) is 15.4. The zero-order valence-corrected chi connectivity index (χ0v) is 12.2. The molecule has 1 N–H and O–H groups in total. The molecule has 0 aliphatic heterocycles. The number of ether oxygens (including phenoxy) is 1. The normalized spacial score (nSPS) is 10.4. The Bertz CT molecular complexity index is 792. The van der Waals surface area contributed by atoms with Gasteiger partial charge in [0.15, 0.2) is 0 Å². The number of nitrogens with one attached hydrogen (secondary N) is 1. The van der Waals surface area contributed by atoms with Crippen LogP contribution in [-0.2, 0) is 11.3 Å². The van der Waals surface area contributed by atoms with Crippen molar-refractivity contribution in [2.24, 2.45) is 0 Å². The third-order valence-electron chi connectivity index (χ3n) is 3.51. The maximum absolute atomic E-state index is 11.4. The second-order valence-corrected chi connectivity index (χ2v) is 4.92. The predicted octanol–water partition coefficient (Wildman–Crippen LogP) is 3.63. The van der Waals surface area contributed by atoms with Crippen molar-refractivity contribution in [2.45, 2.75) is 6.54 Å². The Kier molecular flexibility index (Phi) is 4.01. The van der Waals surface area contributed by atoms with Gasteiger partial charge in [0.2, 0.25) is 0 Å². The van der Waals surface area contributed by atoms with Crippen LogP contribution in [0.5, 0.6) is 0 Å². The molecule has 0 radical (unpaired) electrons.